The first-order chi connectivity index (χ1) is 7.11. The summed E-state index contributed by atoms with van der Waals surface area (Å²) in [6.07, 6.45) is 2.09. The minimum atomic E-state index is -0.103. The molecule has 0 saturated heterocycles. The number of aromatic nitrogens is 2. The van der Waals surface area contributed by atoms with E-state index in [9.17, 15) is 4.79 Å². The van der Waals surface area contributed by atoms with E-state index in [0.717, 1.165) is 24.3 Å². The summed E-state index contributed by atoms with van der Waals surface area (Å²) in [7, 11) is 0. The maximum atomic E-state index is 11.1. The lowest BCUT2D eigenvalue weighted by Gasteiger charge is -2.08. The first-order valence-corrected chi connectivity index (χ1v) is 6.06. The van der Waals surface area contributed by atoms with Gasteiger partial charge in [-0.25, -0.2) is 4.98 Å². The number of nitrogens with zero attached hydrogens (tertiary/aromatic N) is 1. The molecule has 1 heterocycles. The Hall–Kier alpha value is -0.810. The molecule has 1 aromatic heterocycles. The molecule has 0 aliphatic carbocycles. The standard InChI is InChI=1S/C10H17N3OS/c1-3-4-8(11)6-15-10-12-7(2)5-9(14)13-10/h5,8H,3-4,6,11H2,1-2H3,(H,12,13,14). The van der Waals surface area contributed by atoms with Crippen molar-refractivity contribution < 1.29 is 0 Å². The second-order valence-electron chi connectivity index (χ2n) is 3.55. The molecule has 0 saturated carbocycles. The lowest BCUT2D eigenvalue weighted by atomic mass is 10.2. The fraction of sp³-hybridized carbons (Fsp3) is 0.600. The maximum absolute atomic E-state index is 11.1. The van der Waals surface area contributed by atoms with Gasteiger partial charge in [-0.2, -0.15) is 0 Å². The normalized spacial score (nSPS) is 12.7. The second-order valence-corrected chi connectivity index (χ2v) is 4.56. The van der Waals surface area contributed by atoms with Crippen LogP contribution in [-0.2, 0) is 0 Å². The summed E-state index contributed by atoms with van der Waals surface area (Å²) in [5.41, 5.74) is 6.51. The highest BCUT2D eigenvalue weighted by atomic mass is 32.2. The van der Waals surface area contributed by atoms with Crippen molar-refractivity contribution in [3.63, 3.8) is 0 Å². The summed E-state index contributed by atoms with van der Waals surface area (Å²) in [6, 6.07) is 1.65. The average molecular weight is 227 g/mol. The summed E-state index contributed by atoms with van der Waals surface area (Å²) >= 11 is 1.51. The third kappa shape index (κ3) is 4.48. The second kappa shape index (κ2) is 5.92. The molecule has 0 aliphatic rings. The predicted molar refractivity (Wildman–Crippen MR) is 63.2 cm³/mol. The van der Waals surface area contributed by atoms with E-state index < -0.39 is 0 Å². The molecule has 15 heavy (non-hydrogen) atoms. The van der Waals surface area contributed by atoms with Gasteiger partial charge in [0.25, 0.3) is 5.56 Å². The van der Waals surface area contributed by atoms with Gasteiger partial charge in [0.2, 0.25) is 0 Å². The Kier molecular flexibility index (Phi) is 4.84. The van der Waals surface area contributed by atoms with Gasteiger partial charge in [-0.05, 0) is 13.3 Å². The van der Waals surface area contributed by atoms with E-state index in [1.165, 1.54) is 17.8 Å². The summed E-state index contributed by atoms with van der Waals surface area (Å²) in [5, 5.41) is 0.659. The number of aromatic amines is 1. The van der Waals surface area contributed by atoms with Gasteiger partial charge in [-0.3, -0.25) is 4.79 Å². The van der Waals surface area contributed by atoms with Crippen molar-refractivity contribution in [3.8, 4) is 0 Å². The fourth-order valence-corrected chi connectivity index (χ4v) is 2.18. The zero-order valence-electron chi connectivity index (χ0n) is 9.12. The summed E-state index contributed by atoms with van der Waals surface area (Å²) in [5.74, 6) is 0.792. The van der Waals surface area contributed by atoms with E-state index in [-0.39, 0.29) is 11.6 Å². The van der Waals surface area contributed by atoms with E-state index in [2.05, 4.69) is 16.9 Å². The van der Waals surface area contributed by atoms with E-state index in [1.54, 1.807) is 0 Å². The average Bonchev–Trinajstić information content (AvgIpc) is 2.14. The molecule has 0 radical (unpaired) electrons. The number of H-pyrrole nitrogens is 1. The van der Waals surface area contributed by atoms with Crippen molar-refractivity contribution in [2.24, 2.45) is 5.73 Å². The molecule has 0 fully saturated rings. The highest BCUT2D eigenvalue weighted by molar-refractivity contribution is 7.99. The molecular weight excluding hydrogens is 210 g/mol. The molecule has 4 nitrogen and oxygen atoms in total. The van der Waals surface area contributed by atoms with Gasteiger partial charge >= 0.3 is 0 Å². The molecule has 5 heteroatoms. The lowest BCUT2D eigenvalue weighted by molar-refractivity contribution is 0.659. The topological polar surface area (TPSA) is 71.8 Å². The molecule has 1 atom stereocenters. The van der Waals surface area contributed by atoms with Crippen LogP contribution in [0.1, 0.15) is 25.5 Å². The van der Waals surface area contributed by atoms with Gasteiger partial charge in [-0.15, -0.1) is 0 Å². The van der Waals surface area contributed by atoms with Crippen LogP contribution in [0.2, 0.25) is 0 Å². The van der Waals surface area contributed by atoms with E-state index in [4.69, 9.17) is 5.73 Å². The smallest absolute Gasteiger partial charge is 0.251 e. The quantitative estimate of drug-likeness (QED) is 0.587. The molecule has 84 valence electrons. The number of rotatable bonds is 5. The Morgan fingerprint density at radius 2 is 2.40 bits per heavy atom. The number of hydrogen-bond acceptors (Lipinski definition) is 4. The Balaban J connectivity index is 2.54. The molecule has 1 aromatic rings. The molecule has 0 spiro atoms. The number of nitrogens with one attached hydrogen (secondary N) is 1. The first kappa shape index (κ1) is 12.3. The van der Waals surface area contributed by atoms with Gasteiger partial charge < -0.3 is 10.7 Å². The SMILES string of the molecule is CCCC(N)CSc1nc(C)cc(=O)[nH]1. The van der Waals surface area contributed by atoms with Crippen LogP contribution in [0.25, 0.3) is 0 Å². The number of aryl methyl sites for hydroxylation is 1. The van der Waals surface area contributed by atoms with Crippen LogP contribution in [-0.4, -0.2) is 21.8 Å². The van der Waals surface area contributed by atoms with Crippen LogP contribution in [0, 0.1) is 6.92 Å². The molecule has 0 amide bonds. The highest BCUT2D eigenvalue weighted by Gasteiger charge is 2.04. The Morgan fingerprint density at radius 3 is 3.00 bits per heavy atom. The van der Waals surface area contributed by atoms with Crippen LogP contribution in [0.4, 0.5) is 0 Å². The zero-order valence-corrected chi connectivity index (χ0v) is 9.93. The van der Waals surface area contributed by atoms with Gasteiger partial charge in [0.1, 0.15) is 0 Å². The lowest BCUT2D eigenvalue weighted by Crippen LogP contribution is -2.22. The van der Waals surface area contributed by atoms with Crippen LogP contribution in [0.3, 0.4) is 0 Å². The zero-order chi connectivity index (χ0) is 11.3. The van der Waals surface area contributed by atoms with Crippen molar-refractivity contribution in [2.75, 3.05) is 5.75 Å². The Bertz CT molecular complexity index is 364. The van der Waals surface area contributed by atoms with Gasteiger partial charge in [0, 0.05) is 23.6 Å². The van der Waals surface area contributed by atoms with E-state index in [0.29, 0.717) is 5.16 Å². The fourth-order valence-electron chi connectivity index (χ4n) is 1.26. The van der Waals surface area contributed by atoms with Crippen LogP contribution in [0.15, 0.2) is 16.0 Å². The van der Waals surface area contributed by atoms with E-state index >= 15 is 0 Å². The molecule has 0 aliphatic heterocycles. The summed E-state index contributed by atoms with van der Waals surface area (Å²) < 4.78 is 0. The van der Waals surface area contributed by atoms with Crippen LogP contribution in [0.5, 0.6) is 0 Å². The monoisotopic (exact) mass is 227 g/mol. The van der Waals surface area contributed by atoms with Crippen molar-refractivity contribution in [1.82, 2.24) is 9.97 Å². The van der Waals surface area contributed by atoms with Gasteiger partial charge in [0.05, 0.1) is 0 Å². The maximum Gasteiger partial charge on any atom is 0.251 e. The van der Waals surface area contributed by atoms with Crippen LogP contribution < -0.4 is 11.3 Å². The third-order valence-corrected chi connectivity index (χ3v) is 3.00. The highest BCUT2D eigenvalue weighted by Crippen LogP contribution is 2.13. The van der Waals surface area contributed by atoms with Crippen molar-refractivity contribution >= 4 is 11.8 Å². The van der Waals surface area contributed by atoms with Crippen molar-refractivity contribution in [1.29, 1.82) is 0 Å². The predicted octanol–water partition coefficient (Wildman–Crippen LogP) is 1.30. The molecule has 0 bridgehead atoms. The molecule has 1 rings (SSSR count). The largest absolute Gasteiger partial charge is 0.327 e. The third-order valence-electron chi connectivity index (χ3n) is 1.94. The van der Waals surface area contributed by atoms with E-state index in [1.807, 2.05) is 6.92 Å². The molecular formula is C10H17N3OS. The Labute approximate surface area is 93.7 Å². The Morgan fingerprint density at radius 1 is 1.67 bits per heavy atom. The van der Waals surface area contributed by atoms with Gasteiger partial charge in [0.15, 0.2) is 5.16 Å². The molecule has 3 N–H and O–H groups in total. The van der Waals surface area contributed by atoms with Crippen LogP contribution >= 0.6 is 11.8 Å². The van der Waals surface area contributed by atoms with Gasteiger partial charge in [-0.1, -0.05) is 25.1 Å². The summed E-state index contributed by atoms with van der Waals surface area (Å²) in [4.78, 5) is 18.0. The minimum Gasteiger partial charge on any atom is -0.327 e. The minimum absolute atomic E-state index is 0.103. The number of thioether (sulfide) groups is 1. The number of nitrogens with two attached hydrogens (primary N) is 1. The summed E-state index contributed by atoms with van der Waals surface area (Å²) in [6.45, 7) is 3.92. The molecule has 0 aromatic carbocycles. The molecule has 1 unspecified atom stereocenters. The number of hydrogen-bond donors (Lipinski definition) is 2. The first-order valence-electron chi connectivity index (χ1n) is 5.08. The van der Waals surface area contributed by atoms with Crippen molar-refractivity contribution in [3.05, 3.63) is 22.1 Å². The van der Waals surface area contributed by atoms with Crippen molar-refractivity contribution in [2.45, 2.75) is 37.9 Å².